The van der Waals surface area contributed by atoms with Crippen LogP contribution in [0.2, 0.25) is 5.02 Å². The Hall–Kier alpha value is -1.92. The van der Waals surface area contributed by atoms with Crippen LogP contribution in [0, 0.1) is 12.7 Å². The van der Waals surface area contributed by atoms with Gasteiger partial charge >= 0.3 is 0 Å². The maximum absolute atomic E-state index is 13.6. The third-order valence-corrected chi connectivity index (χ3v) is 4.22. The highest BCUT2D eigenvalue weighted by molar-refractivity contribution is 6.30. The first-order valence-electron chi connectivity index (χ1n) is 7.53. The summed E-state index contributed by atoms with van der Waals surface area (Å²) in [5.41, 5.74) is 1.65. The molecular weight excluding hydrogens is 319 g/mol. The van der Waals surface area contributed by atoms with E-state index in [1.807, 2.05) is 17.8 Å². The number of nitrogens with zero attached hydrogens (tertiary/aromatic N) is 3. The van der Waals surface area contributed by atoms with Crippen molar-refractivity contribution in [2.75, 3.05) is 18.0 Å². The van der Waals surface area contributed by atoms with Gasteiger partial charge in [-0.1, -0.05) is 11.6 Å². The van der Waals surface area contributed by atoms with Crippen molar-refractivity contribution >= 4 is 23.2 Å². The molecule has 0 saturated carbocycles. The normalized spacial score (nSPS) is 18.0. The van der Waals surface area contributed by atoms with Gasteiger partial charge in [-0.15, -0.1) is 0 Å². The lowest BCUT2D eigenvalue weighted by Gasteiger charge is -2.17. The van der Waals surface area contributed by atoms with Gasteiger partial charge in [-0.3, -0.25) is 9.48 Å². The molecule has 1 atom stereocenters. The third kappa shape index (κ3) is 3.54. The van der Waals surface area contributed by atoms with E-state index < -0.39 is 5.82 Å². The molecule has 122 valence electrons. The predicted octanol–water partition coefficient (Wildman–Crippen LogP) is 2.38. The average Bonchev–Trinajstić information content (AvgIpc) is 3.09. The second kappa shape index (κ2) is 6.68. The monoisotopic (exact) mass is 336 g/mol. The third-order valence-electron chi connectivity index (χ3n) is 3.91. The largest absolute Gasteiger partial charge is 0.311 e. The lowest BCUT2D eigenvalue weighted by Crippen LogP contribution is -2.39. The van der Waals surface area contributed by atoms with Crippen LogP contribution in [0.1, 0.15) is 12.0 Å². The molecule has 1 aromatic heterocycles. The second-order valence-corrected chi connectivity index (χ2v) is 6.07. The molecule has 0 bridgehead atoms. The zero-order valence-corrected chi connectivity index (χ0v) is 13.6. The summed E-state index contributed by atoms with van der Waals surface area (Å²) in [6.45, 7) is 3.91. The molecule has 7 heteroatoms. The number of amides is 1. The second-order valence-electron chi connectivity index (χ2n) is 5.66. The standard InChI is InChI=1S/C16H18ClFN4O/c1-11-9-20-21(10-11)7-5-19-15-4-6-22(16(15)23)12-2-3-13(17)14(18)8-12/h2-3,8-10,15,19H,4-7H2,1H3/t15-/m0/s1. The van der Waals surface area contributed by atoms with Crippen LogP contribution in [-0.2, 0) is 11.3 Å². The van der Waals surface area contributed by atoms with Crippen molar-refractivity contribution in [3.05, 3.63) is 47.0 Å². The molecule has 1 aliphatic heterocycles. The van der Waals surface area contributed by atoms with E-state index in [-0.39, 0.29) is 17.0 Å². The summed E-state index contributed by atoms with van der Waals surface area (Å²) in [6, 6.07) is 4.19. The van der Waals surface area contributed by atoms with Crippen LogP contribution in [0.5, 0.6) is 0 Å². The van der Waals surface area contributed by atoms with Crippen LogP contribution in [0.4, 0.5) is 10.1 Å². The molecule has 3 rings (SSSR count). The number of benzene rings is 1. The van der Waals surface area contributed by atoms with Crippen molar-refractivity contribution in [2.24, 2.45) is 0 Å². The van der Waals surface area contributed by atoms with Gasteiger partial charge in [0.15, 0.2) is 0 Å². The average molecular weight is 337 g/mol. The van der Waals surface area contributed by atoms with E-state index >= 15 is 0 Å². The van der Waals surface area contributed by atoms with Gasteiger partial charge in [-0.25, -0.2) is 4.39 Å². The number of anilines is 1. The Morgan fingerprint density at radius 3 is 3.00 bits per heavy atom. The molecule has 0 radical (unpaired) electrons. The Labute approximate surface area is 139 Å². The summed E-state index contributed by atoms with van der Waals surface area (Å²) in [7, 11) is 0. The highest BCUT2D eigenvalue weighted by Crippen LogP contribution is 2.25. The molecule has 1 aliphatic rings. The number of hydrogen-bond acceptors (Lipinski definition) is 3. The Morgan fingerprint density at radius 2 is 2.30 bits per heavy atom. The van der Waals surface area contributed by atoms with Gasteiger partial charge in [0.1, 0.15) is 5.82 Å². The van der Waals surface area contributed by atoms with E-state index in [9.17, 15) is 9.18 Å². The highest BCUT2D eigenvalue weighted by Gasteiger charge is 2.32. The number of carbonyl (C=O) groups excluding carboxylic acids is 1. The Balaban J connectivity index is 1.57. The molecule has 1 amide bonds. The summed E-state index contributed by atoms with van der Waals surface area (Å²) in [6.07, 6.45) is 4.46. The van der Waals surface area contributed by atoms with E-state index in [2.05, 4.69) is 10.4 Å². The zero-order valence-electron chi connectivity index (χ0n) is 12.8. The van der Waals surface area contributed by atoms with Crippen molar-refractivity contribution in [3.63, 3.8) is 0 Å². The number of hydrogen-bond donors (Lipinski definition) is 1. The van der Waals surface area contributed by atoms with Gasteiger partial charge in [0.05, 0.1) is 23.8 Å². The number of carbonyl (C=O) groups is 1. The molecule has 2 heterocycles. The van der Waals surface area contributed by atoms with Crippen molar-refractivity contribution in [1.29, 1.82) is 0 Å². The minimum absolute atomic E-state index is 0.0385. The lowest BCUT2D eigenvalue weighted by atomic mass is 10.2. The van der Waals surface area contributed by atoms with Gasteiger partial charge in [-0.05, 0) is 37.1 Å². The molecular formula is C16H18ClFN4O. The molecule has 2 aromatic rings. The number of aryl methyl sites for hydroxylation is 1. The fraction of sp³-hybridized carbons (Fsp3) is 0.375. The Morgan fingerprint density at radius 1 is 1.48 bits per heavy atom. The SMILES string of the molecule is Cc1cnn(CCN[C@H]2CCN(c3ccc(Cl)c(F)c3)C2=O)c1. The van der Waals surface area contributed by atoms with Crippen molar-refractivity contribution in [2.45, 2.75) is 25.9 Å². The summed E-state index contributed by atoms with van der Waals surface area (Å²) in [5, 5.41) is 7.51. The zero-order chi connectivity index (χ0) is 16.4. The minimum Gasteiger partial charge on any atom is -0.311 e. The van der Waals surface area contributed by atoms with Gasteiger partial charge < -0.3 is 10.2 Å². The van der Waals surface area contributed by atoms with Gasteiger partial charge in [0, 0.05) is 25.0 Å². The van der Waals surface area contributed by atoms with Crippen molar-refractivity contribution in [3.8, 4) is 0 Å². The van der Waals surface area contributed by atoms with Crippen LogP contribution < -0.4 is 10.2 Å². The van der Waals surface area contributed by atoms with Crippen LogP contribution in [0.25, 0.3) is 0 Å². The van der Waals surface area contributed by atoms with E-state index in [0.29, 0.717) is 31.7 Å². The van der Waals surface area contributed by atoms with Crippen molar-refractivity contribution < 1.29 is 9.18 Å². The van der Waals surface area contributed by atoms with E-state index in [4.69, 9.17) is 11.6 Å². The molecule has 0 unspecified atom stereocenters. The molecule has 1 saturated heterocycles. The predicted molar refractivity (Wildman–Crippen MR) is 87.1 cm³/mol. The maximum Gasteiger partial charge on any atom is 0.244 e. The van der Waals surface area contributed by atoms with Crippen LogP contribution >= 0.6 is 11.6 Å². The Kier molecular flexibility index (Phi) is 4.63. The van der Waals surface area contributed by atoms with Gasteiger partial charge in [-0.2, -0.15) is 5.10 Å². The maximum atomic E-state index is 13.6. The van der Waals surface area contributed by atoms with Gasteiger partial charge in [0.2, 0.25) is 5.91 Å². The summed E-state index contributed by atoms with van der Waals surface area (Å²) in [4.78, 5) is 14.0. The minimum atomic E-state index is -0.512. The molecule has 23 heavy (non-hydrogen) atoms. The fourth-order valence-corrected chi connectivity index (χ4v) is 2.84. The first kappa shape index (κ1) is 16.0. The number of rotatable bonds is 5. The summed E-state index contributed by atoms with van der Waals surface area (Å²) < 4.78 is 15.4. The molecule has 1 N–H and O–H groups in total. The van der Waals surface area contributed by atoms with Crippen molar-refractivity contribution in [1.82, 2.24) is 15.1 Å². The molecule has 1 fully saturated rings. The summed E-state index contributed by atoms with van der Waals surface area (Å²) in [5.74, 6) is -0.550. The number of nitrogens with one attached hydrogen (secondary N) is 1. The highest BCUT2D eigenvalue weighted by atomic mass is 35.5. The van der Waals surface area contributed by atoms with E-state index in [1.165, 1.54) is 12.1 Å². The Bertz CT molecular complexity index is 718. The first-order valence-corrected chi connectivity index (χ1v) is 7.91. The fourth-order valence-electron chi connectivity index (χ4n) is 2.72. The van der Waals surface area contributed by atoms with E-state index in [1.54, 1.807) is 17.2 Å². The quantitative estimate of drug-likeness (QED) is 0.912. The first-order chi connectivity index (χ1) is 11.0. The van der Waals surface area contributed by atoms with E-state index in [0.717, 1.165) is 5.56 Å². The number of halogens is 2. The summed E-state index contributed by atoms with van der Waals surface area (Å²) >= 11 is 5.68. The van der Waals surface area contributed by atoms with Gasteiger partial charge in [0.25, 0.3) is 0 Å². The topological polar surface area (TPSA) is 50.2 Å². The number of aromatic nitrogens is 2. The molecule has 1 aromatic carbocycles. The lowest BCUT2D eigenvalue weighted by molar-refractivity contribution is -0.118. The van der Waals surface area contributed by atoms with Crippen LogP contribution in [0.3, 0.4) is 0 Å². The molecule has 0 spiro atoms. The van der Waals surface area contributed by atoms with Crippen LogP contribution in [0.15, 0.2) is 30.6 Å². The smallest absolute Gasteiger partial charge is 0.244 e. The molecule has 0 aliphatic carbocycles. The van der Waals surface area contributed by atoms with Crippen LogP contribution in [-0.4, -0.2) is 34.8 Å². The molecule has 5 nitrogen and oxygen atoms in total.